The number of likely N-dealkylation sites (tertiary alicyclic amines) is 3. The Labute approximate surface area is 272 Å². The van der Waals surface area contributed by atoms with Crippen LogP contribution in [0.1, 0.15) is 32.6 Å². The van der Waals surface area contributed by atoms with E-state index in [1.165, 1.54) is 11.0 Å². The molecule has 3 aliphatic heterocycles. The van der Waals surface area contributed by atoms with E-state index in [2.05, 4.69) is 40.9 Å². The van der Waals surface area contributed by atoms with E-state index in [1.54, 1.807) is 30.3 Å². The van der Waals surface area contributed by atoms with Crippen LogP contribution in [-0.4, -0.2) is 125 Å². The number of fused-ring (bicyclic) bond motifs is 3. The minimum atomic E-state index is -3.95. The Morgan fingerprint density at radius 3 is 2.44 bits per heavy atom. The Balaban J connectivity index is 1.16. The number of nitrogens with one attached hydrogen (secondary N) is 2. The van der Waals surface area contributed by atoms with Crippen LogP contribution in [0.5, 0.6) is 0 Å². The third-order valence-electron chi connectivity index (χ3n) is 8.83. The Bertz CT molecular complexity index is 1500. The normalized spacial score (nSPS) is 22.8. The van der Waals surface area contributed by atoms with Gasteiger partial charge in [0.05, 0.1) is 11.4 Å². The van der Waals surface area contributed by atoms with Crippen molar-refractivity contribution in [1.82, 2.24) is 29.6 Å². The fourth-order valence-electron chi connectivity index (χ4n) is 6.74. The van der Waals surface area contributed by atoms with Crippen LogP contribution in [0, 0.1) is 11.8 Å². The lowest BCUT2D eigenvalue weighted by atomic mass is 9.84. The molecule has 3 heterocycles. The quantitative estimate of drug-likeness (QED) is 0.229. The van der Waals surface area contributed by atoms with Crippen molar-refractivity contribution in [3.8, 4) is 0 Å². The van der Waals surface area contributed by atoms with Crippen LogP contribution in [0.3, 0.4) is 0 Å². The average Bonchev–Trinajstić information content (AvgIpc) is 2.99. The van der Waals surface area contributed by atoms with Crippen LogP contribution in [0.25, 0.3) is 10.8 Å². The van der Waals surface area contributed by atoms with Crippen molar-refractivity contribution < 1.29 is 18.0 Å². The van der Waals surface area contributed by atoms with Gasteiger partial charge in [-0.2, -0.15) is 4.72 Å². The number of guanidine groups is 1. The van der Waals surface area contributed by atoms with Crippen molar-refractivity contribution in [2.75, 3.05) is 73.0 Å². The van der Waals surface area contributed by atoms with E-state index in [4.69, 9.17) is 16.6 Å². The van der Waals surface area contributed by atoms with Crippen molar-refractivity contribution in [3.05, 3.63) is 41.4 Å². The van der Waals surface area contributed by atoms with Crippen LogP contribution >= 0.6 is 11.6 Å². The highest BCUT2D eigenvalue weighted by atomic mass is 35.5. The maximum absolute atomic E-state index is 13.5. The fourth-order valence-corrected chi connectivity index (χ4v) is 8.18. The molecule has 0 radical (unpaired) electrons. The van der Waals surface area contributed by atoms with E-state index in [0.29, 0.717) is 49.3 Å². The van der Waals surface area contributed by atoms with Gasteiger partial charge >= 0.3 is 0 Å². The number of amides is 2. The first-order valence-electron chi connectivity index (χ1n) is 16.0. The number of carbonyl (C=O) groups excluding carboxylic acids is 2. The number of halogens is 1. The fraction of sp³-hybridized carbons (Fsp3) is 0.594. The van der Waals surface area contributed by atoms with Gasteiger partial charge in [-0.15, -0.1) is 0 Å². The number of nitrogens with zero attached hydrogens (tertiary/aromatic N) is 5. The van der Waals surface area contributed by atoms with Gasteiger partial charge in [0, 0.05) is 50.8 Å². The molecule has 2 aromatic carbocycles. The number of rotatable bonds is 10. The van der Waals surface area contributed by atoms with Crippen molar-refractivity contribution in [2.24, 2.45) is 16.8 Å². The molecule has 246 valence electrons. The second-order valence-electron chi connectivity index (χ2n) is 12.8. The molecule has 0 saturated carbocycles. The Morgan fingerprint density at radius 2 is 1.73 bits per heavy atom. The van der Waals surface area contributed by atoms with E-state index >= 15 is 0 Å². The number of piperidine rings is 3. The summed E-state index contributed by atoms with van der Waals surface area (Å²) in [7, 11) is 0.185. The molecule has 45 heavy (non-hydrogen) atoms. The monoisotopic (exact) mass is 659 g/mol. The van der Waals surface area contributed by atoms with Gasteiger partial charge in [0.25, 0.3) is 0 Å². The summed E-state index contributed by atoms with van der Waals surface area (Å²) in [4.78, 5) is 39.8. The molecule has 2 amide bonds. The molecule has 0 aliphatic carbocycles. The van der Waals surface area contributed by atoms with E-state index in [-0.39, 0.29) is 23.3 Å². The maximum Gasteiger partial charge on any atom is 0.242 e. The lowest BCUT2D eigenvalue weighted by Gasteiger charge is -2.47. The molecular formula is C32H46ClN7O4S. The summed E-state index contributed by atoms with van der Waals surface area (Å²) in [5.41, 5.74) is 0. The first kappa shape index (κ1) is 33.4. The Kier molecular flexibility index (Phi) is 10.9. The largest absolute Gasteiger partial charge is 0.357 e. The van der Waals surface area contributed by atoms with Gasteiger partial charge in [-0.25, -0.2) is 8.42 Å². The van der Waals surface area contributed by atoms with Crippen molar-refractivity contribution in [2.45, 2.75) is 43.5 Å². The maximum atomic E-state index is 13.5. The van der Waals surface area contributed by atoms with Crippen molar-refractivity contribution in [1.29, 1.82) is 0 Å². The lowest BCUT2D eigenvalue weighted by molar-refractivity contribution is -0.145. The summed E-state index contributed by atoms with van der Waals surface area (Å²) < 4.78 is 29.1. The SMILES string of the molecule is CCNC(=NCCCN(C)C)N1CC2CC(CN(C(=O)CN3CCC[C@H](NS(=O)(=O)c4ccc5cc(Cl)ccc5c4)C3=O)C2)C1. The summed E-state index contributed by atoms with van der Waals surface area (Å²) in [6.45, 7) is 8.04. The average molecular weight is 660 g/mol. The molecule has 3 aliphatic rings. The lowest BCUT2D eigenvalue weighted by Crippen LogP contribution is -2.59. The summed E-state index contributed by atoms with van der Waals surface area (Å²) in [5.74, 6) is 1.19. The topological polar surface area (TPSA) is 118 Å². The first-order chi connectivity index (χ1) is 21.5. The summed E-state index contributed by atoms with van der Waals surface area (Å²) >= 11 is 6.06. The van der Waals surface area contributed by atoms with Crippen molar-refractivity contribution in [3.63, 3.8) is 0 Å². The Hall–Kier alpha value is -2.93. The van der Waals surface area contributed by atoms with E-state index in [0.717, 1.165) is 62.3 Å². The number of aliphatic imine (C=N–C) groups is 1. The minimum Gasteiger partial charge on any atom is -0.357 e. The smallest absolute Gasteiger partial charge is 0.242 e. The molecule has 3 fully saturated rings. The van der Waals surface area contributed by atoms with E-state index in [1.807, 2.05) is 4.90 Å². The molecule has 3 saturated heterocycles. The van der Waals surface area contributed by atoms with Gasteiger partial charge in [-0.05, 0) is 100 Å². The molecule has 0 aromatic heterocycles. The number of sulfonamides is 1. The zero-order chi connectivity index (χ0) is 32.1. The van der Waals surface area contributed by atoms with Gasteiger partial charge in [0.15, 0.2) is 5.96 Å². The minimum absolute atomic E-state index is 0.0348. The molecule has 5 rings (SSSR count). The highest BCUT2D eigenvalue weighted by Gasteiger charge is 2.39. The molecule has 0 spiro atoms. The predicted octanol–water partition coefficient (Wildman–Crippen LogP) is 2.46. The van der Waals surface area contributed by atoms with E-state index < -0.39 is 16.1 Å². The second-order valence-corrected chi connectivity index (χ2v) is 14.9. The summed E-state index contributed by atoms with van der Waals surface area (Å²) in [6, 6.07) is 9.14. The standard InChI is InChI=1S/C32H46ClN7O4S/c1-4-34-32(35-12-6-13-37(2)3)40-20-23-15-24(21-40)19-39(18-23)30(41)22-38-14-5-7-29(31(38)42)36-45(43,44)28-11-9-25-16-27(33)10-8-26(25)17-28/h8-11,16-17,23-24,29,36H,4-7,12-15,18-22H2,1-3H3,(H,34,35)/t23?,24?,29-/m0/s1. The first-order valence-corrected chi connectivity index (χ1v) is 17.8. The van der Waals surface area contributed by atoms with Gasteiger partial charge in [-0.3, -0.25) is 14.6 Å². The van der Waals surface area contributed by atoms with Crippen LogP contribution in [-0.2, 0) is 19.6 Å². The van der Waals surface area contributed by atoms with E-state index in [9.17, 15) is 18.0 Å². The summed E-state index contributed by atoms with van der Waals surface area (Å²) in [6.07, 6.45) is 3.08. The molecule has 2 unspecified atom stereocenters. The molecule has 2 bridgehead atoms. The third-order valence-corrected chi connectivity index (χ3v) is 10.5. The van der Waals surface area contributed by atoms with Crippen LogP contribution in [0.4, 0.5) is 0 Å². The molecule has 11 nitrogen and oxygen atoms in total. The van der Waals surface area contributed by atoms with Gasteiger partial charge in [0.2, 0.25) is 21.8 Å². The number of hydrogen-bond donors (Lipinski definition) is 2. The van der Waals surface area contributed by atoms with Crippen LogP contribution < -0.4 is 10.0 Å². The number of benzene rings is 2. The second kappa shape index (κ2) is 14.7. The van der Waals surface area contributed by atoms with Gasteiger partial charge < -0.3 is 24.9 Å². The Morgan fingerprint density at radius 1 is 1.04 bits per heavy atom. The van der Waals surface area contributed by atoms with Crippen LogP contribution in [0.15, 0.2) is 46.3 Å². The van der Waals surface area contributed by atoms with Crippen molar-refractivity contribution >= 4 is 50.2 Å². The molecule has 2 N–H and O–H groups in total. The predicted molar refractivity (Wildman–Crippen MR) is 178 cm³/mol. The molecule has 2 aromatic rings. The highest BCUT2D eigenvalue weighted by molar-refractivity contribution is 7.89. The molecule has 3 atom stereocenters. The number of carbonyl (C=O) groups is 2. The zero-order valence-corrected chi connectivity index (χ0v) is 28.1. The third kappa shape index (κ3) is 8.46. The van der Waals surface area contributed by atoms with Gasteiger partial charge in [-0.1, -0.05) is 23.7 Å². The van der Waals surface area contributed by atoms with Gasteiger partial charge in [0.1, 0.15) is 6.04 Å². The molecule has 13 heteroatoms. The summed E-state index contributed by atoms with van der Waals surface area (Å²) in [5, 5.41) is 5.59. The highest BCUT2D eigenvalue weighted by Crippen LogP contribution is 2.29. The van der Waals surface area contributed by atoms with Crippen LogP contribution in [0.2, 0.25) is 5.02 Å². The molecular weight excluding hydrogens is 614 g/mol. The zero-order valence-electron chi connectivity index (χ0n) is 26.5. The number of hydrogen-bond acceptors (Lipinski definition) is 6.